The summed E-state index contributed by atoms with van der Waals surface area (Å²) in [6.07, 6.45) is 0. The lowest BCUT2D eigenvalue weighted by molar-refractivity contribution is 0.520. The standard InChI is InChI=1S/H4N2O3S2/c1-6-5-7(2,3)4/h1H2,(H2,2,3,4). The van der Waals surface area contributed by atoms with Crippen LogP contribution in [0.3, 0.4) is 0 Å². The Morgan fingerprint density at radius 2 is 2.00 bits per heavy atom. The molecule has 0 saturated carbocycles. The third kappa shape index (κ3) is 6.18. The molecule has 0 aliphatic rings. The molecule has 7 heteroatoms. The van der Waals surface area contributed by atoms with E-state index in [0.29, 0.717) is 0 Å². The second-order valence-electron chi connectivity index (χ2n) is 0.657. The van der Waals surface area contributed by atoms with Crippen molar-refractivity contribution >= 4 is 22.5 Å². The van der Waals surface area contributed by atoms with Crippen LogP contribution in [-0.4, -0.2) is 8.42 Å². The van der Waals surface area contributed by atoms with E-state index in [1.165, 1.54) is 0 Å². The first-order valence-electron chi connectivity index (χ1n) is 1.14. The van der Waals surface area contributed by atoms with E-state index in [2.05, 4.69) is 13.9 Å². The molecule has 0 aromatic rings. The first-order chi connectivity index (χ1) is 3.06. The number of nitrogens with two attached hydrogens (primary N) is 2. The monoisotopic (exact) mass is 144 g/mol. The van der Waals surface area contributed by atoms with Crippen molar-refractivity contribution in [2.75, 3.05) is 0 Å². The van der Waals surface area contributed by atoms with Gasteiger partial charge in [-0.25, -0.2) is 5.14 Å². The van der Waals surface area contributed by atoms with E-state index in [4.69, 9.17) is 0 Å². The Hall–Kier alpha value is 0.180. The van der Waals surface area contributed by atoms with Crippen molar-refractivity contribution in [2.45, 2.75) is 0 Å². The Labute approximate surface area is 45.6 Å². The van der Waals surface area contributed by atoms with Gasteiger partial charge in [0.1, 0.15) is 0 Å². The minimum atomic E-state index is -3.84. The summed E-state index contributed by atoms with van der Waals surface area (Å²) in [5.41, 5.74) is 0. The van der Waals surface area contributed by atoms with Crippen molar-refractivity contribution in [1.29, 1.82) is 0 Å². The predicted octanol–water partition coefficient (Wildman–Crippen LogP) is -1.27. The molecule has 0 fully saturated rings. The Kier molecular flexibility index (Phi) is 2.54. The van der Waals surface area contributed by atoms with Crippen LogP contribution < -0.4 is 10.3 Å². The highest BCUT2D eigenvalue weighted by atomic mass is 32.3. The van der Waals surface area contributed by atoms with Crippen molar-refractivity contribution in [3.63, 3.8) is 0 Å². The summed E-state index contributed by atoms with van der Waals surface area (Å²) in [4.78, 5) is 0. The van der Waals surface area contributed by atoms with Gasteiger partial charge in [-0.15, -0.1) is 0 Å². The topological polar surface area (TPSA) is 95.4 Å². The van der Waals surface area contributed by atoms with Gasteiger partial charge in [0.05, 0.1) is 12.2 Å². The van der Waals surface area contributed by atoms with Crippen LogP contribution in [0, 0.1) is 0 Å². The summed E-state index contributed by atoms with van der Waals surface area (Å²) < 4.78 is 23.0. The van der Waals surface area contributed by atoms with Gasteiger partial charge in [-0.1, -0.05) is 0 Å². The summed E-state index contributed by atoms with van der Waals surface area (Å²) in [5, 5.41) is 8.85. The van der Waals surface area contributed by atoms with Crippen LogP contribution in [-0.2, 0) is 13.9 Å². The zero-order valence-electron chi connectivity index (χ0n) is 3.20. The van der Waals surface area contributed by atoms with Crippen LogP contribution in [0.25, 0.3) is 0 Å². The molecule has 7 heavy (non-hydrogen) atoms. The van der Waals surface area contributed by atoms with E-state index < -0.39 is 10.3 Å². The minimum Gasteiger partial charge on any atom is -0.253 e. The maximum atomic E-state index is 9.69. The zero-order chi connectivity index (χ0) is 5.91. The average Bonchev–Trinajstić information content (AvgIpc) is 1.30. The molecule has 44 valence electrons. The summed E-state index contributed by atoms with van der Waals surface area (Å²) in [7, 11) is -3.84. The first kappa shape index (κ1) is 7.18. The second kappa shape index (κ2) is 2.48. The lowest BCUT2D eigenvalue weighted by Crippen LogP contribution is -2.12. The SMILES string of the molecule is NSOS(N)(=O)=O. The van der Waals surface area contributed by atoms with Gasteiger partial charge in [0, 0.05) is 0 Å². The smallest absolute Gasteiger partial charge is 0.253 e. The van der Waals surface area contributed by atoms with E-state index in [1.54, 1.807) is 0 Å². The third-order valence-corrected chi connectivity index (χ3v) is 1.21. The van der Waals surface area contributed by atoms with Crippen LogP contribution in [0.1, 0.15) is 0 Å². The van der Waals surface area contributed by atoms with Crippen LogP contribution in [0.4, 0.5) is 0 Å². The molecule has 0 aliphatic heterocycles. The van der Waals surface area contributed by atoms with Gasteiger partial charge in [-0.3, -0.25) is 5.14 Å². The minimum absolute atomic E-state index is 0.196. The number of hydrogen-bond donors (Lipinski definition) is 2. The van der Waals surface area contributed by atoms with Gasteiger partial charge in [0.2, 0.25) is 0 Å². The van der Waals surface area contributed by atoms with Crippen molar-refractivity contribution in [3.05, 3.63) is 0 Å². The summed E-state index contributed by atoms with van der Waals surface area (Å²) in [6, 6.07) is 0. The normalized spacial score (nSPS) is 11.7. The molecule has 0 aromatic carbocycles. The van der Waals surface area contributed by atoms with Crippen molar-refractivity contribution in [1.82, 2.24) is 0 Å². The summed E-state index contributed by atoms with van der Waals surface area (Å²) >= 11 is 0.196. The van der Waals surface area contributed by atoms with Crippen LogP contribution in [0.2, 0.25) is 0 Å². The Morgan fingerprint density at radius 1 is 1.57 bits per heavy atom. The largest absolute Gasteiger partial charge is 0.345 e. The first-order valence-corrected chi connectivity index (χ1v) is 3.41. The van der Waals surface area contributed by atoms with E-state index in [0.717, 1.165) is 0 Å². The molecule has 0 unspecified atom stereocenters. The predicted molar refractivity (Wildman–Crippen MR) is 26.0 cm³/mol. The maximum absolute atomic E-state index is 9.69. The maximum Gasteiger partial charge on any atom is 0.345 e. The number of hydrogen-bond acceptors (Lipinski definition) is 5. The molecule has 0 rings (SSSR count). The van der Waals surface area contributed by atoms with Gasteiger partial charge < -0.3 is 0 Å². The van der Waals surface area contributed by atoms with E-state index in [9.17, 15) is 8.42 Å². The van der Waals surface area contributed by atoms with E-state index >= 15 is 0 Å². The molecule has 0 atom stereocenters. The van der Waals surface area contributed by atoms with Gasteiger partial charge in [0.15, 0.2) is 0 Å². The lowest BCUT2D eigenvalue weighted by Gasteiger charge is -1.87. The van der Waals surface area contributed by atoms with Crippen molar-refractivity contribution < 1.29 is 12.0 Å². The van der Waals surface area contributed by atoms with Crippen molar-refractivity contribution in [2.24, 2.45) is 10.3 Å². The molecule has 0 spiro atoms. The van der Waals surface area contributed by atoms with Gasteiger partial charge in [0.25, 0.3) is 0 Å². The van der Waals surface area contributed by atoms with Gasteiger partial charge in [-0.05, 0) is 0 Å². The second-order valence-corrected chi connectivity index (χ2v) is 2.38. The van der Waals surface area contributed by atoms with E-state index in [-0.39, 0.29) is 12.2 Å². The molecular formula is H4N2O3S2. The van der Waals surface area contributed by atoms with Crippen LogP contribution in [0.5, 0.6) is 0 Å². The van der Waals surface area contributed by atoms with Gasteiger partial charge in [-0.2, -0.15) is 12.0 Å². The Morgan fingerprint density at radius 3 is 2.00 bits per heavy atom. The molecule has 0 bridgehead atoms. The molecule has 4 N–H and O–H groups in total. The highest BCUT2D eigenvalue weighted by molar-refractivity contribution is 8.02. The lowest BCUT2D eigenvalue weighted by atomic mass is 13.9. The fourth-order valence-electron chi connectivity index (χ4n) is 0.0548. The quantitative estimate of drug-likeness (QED) is 0.372. The van der Waals surface area contributed by atoms with Gasteiger partial charge >= 0.3 is 10.3 Å². The zero-order valence-corrected chi connectivity index (χ0v) is 4.83. The molecular weight excluding hydrogens is 140 g/mol. The number of rotatable bonds is 2. The highest BCUT2D eigenvalue weighted by Crippen LogP contribution is 1.91. The molecule has 0 heterocycles. The summed E-state index contributed by atoms with van der Waals surface area (Å²) in [6.45, 7) is 0. The van der Waals surface area contributed by atoms with Crippen LogP contribution >= 0.6 is 12.2 Å². The third-order valence-electron chi connectivity index (χ3n) is 0.134. The highest BCUT2D eigenvalue weighted by Gasteiger charge is 1.97. The molecule has 0 saturated heterocycles. The van der Waals surface area contributed by atoms with Crippen molar-refractivity contribution in [3.8, 4) is 0 Å². The average molecular weight is 144 g/mol. The van der Waals surface area contributed by atoms with Crippen LogP contribution in [0.15, 0.2) is 0 Å². The Bertz CT molecular complexity index is 124. The summed E-state index contributed by atoms with van der Waals surface area (Å²) in [5.74, 6) is 0. The molecule has 0 aromatic heterocycles. The van der Waals surface area contributed by atoms with E-state index in [1.807, 2.05) is 0 Å². The molecule has 0 radical (unpaired) electrons. The molecule has 0 aliphatic carbocycles. The fraction of sp³-hybridized carbons (Fsp3) is 0. The molecule has 0 amide bonds. The molecule has 5 nitrogen and oxygen atoms in total. The Balaban J connectivity index is 3.60. The fourth-order valence-corrected chi connectivity index (χ4v) is 0.493.